The molecule has 0 aliphatic heterocycles. The number of aromatic nitrogens is 1. The van der Waals surface area contributed by atoms with Gasteiger partial charge in [0.25, 0.3) is 0 Å². The van der Waals surface area contributed by atoms with Crippen molar-refractivity contribution < 1.29 is 23.8 Å². The minimum Gasteiger partial charge on any atom is -0.465 e. The second-order valence-electron chi connectivity index (χ2n) is 4.89. The molecular formula is C16H24N2O6. The molecule has 0 fully saturated rings. The fourth-order valence-electron chi connectivity index (χ4n) is 1.99. The Morgan fingerprint density at radius 1 is 1.25 bits per heavy atom. The largest absolute Gasteiger partial charge is 0.465 e. The highest BCUT2D eigenvalue weighted by atomic mass is 16.6. The lowest BCUT2D eigenvalue weighted by atomic mass is 10.3. The van der Waals surface area contributed by atoms with Gasteiger partial charge in [-0.2, -0.15) is 0 Å². The van der Waals surface area contributed by atoms with Crippen molar-refractivity contribution in [2.24, 2.45) is 0 Å². The van der Waals surface area contributed by atoms with Gasteiger partial charge in [-0.25, -0.2) is 4.79 Å². The van der Waals surface area contributed by atoms with E-state index in [1.807, 2.05) is 11.5 Å². The Labute approximate surface area is 140 Å². The standard InChI is InChI=1S/C16H24N2O6/c1-4-22-10-6-8-18-9-7-13(19)15(12(18)3)24-16(21)17-11-14(20)23-5-2/h7,9H,4-6,8,10-11H2,1-3H3,(H,17,21). The average Bonchev–Trinajstić information content (AvgIpc) is 2.55. The number of hydrogen-bond donors (Lipinski definition) is 1. The third-order valence-corrected chi connectivity index (χ3v) is 3.16. The number of esters is 1. The second kappa shape index (κ2) is 10.4. The molecule has 8 nitrogen and oxygen atoms in total. The van der Waals surface area contributed by atoms with Crippen LogP contribution in [0.1, 0.15) is 26.0 Å². The molecule has 8 heteroatoms. The van der Waals surface area contributed by atoms with Gasteiger partial charge in [0.15, 0.2) is 5.75 Å². The molecule has 0 bridgehead atoms. The lowest BCUT2D eigenvalue weighted by Gasteiger charge is -2.14. The van der Waals surface area contributed by atoms with Gasteiger partial charge in [0, 0.05) is 32.0 Å². The van der Waals surface area contributed by atoms with Crippen molar-refractivity contribution in [3.8, 4) is 5.75 Å². The number of nitrogens with zero attached hydrogens (tertiary/aromatic N) is 1. The van der Waals surface area contributed by atoms with Gasteiger partial charge in [0.2, 0.25) is 5.43 Å². The zero-order valence-corrected chi connectivity index (χ0v) is 14.3. The van der Waals surface area contributed by atoms with Crippen molar-refractivity contribution in [3.05, 3.63) is 28.2 Å². The van der Waals surface area contributed by atoms with Crippen LogP contribution in [0.25, 0.3) is 0 Å². The molecule has 0 spiro atoms. The second-order valence-corrected chi connectivity index (χ2v) is 4.89. The van der Waals surface area contributed by atoms with E-state index in [9.17, 15) is 14.4 Å². The van der Waals surface area contributed by atoms with Crippen molar-refractivity contribution in [1.29, 1.82) is 0 Å². The van der Waals surface area contributed by atoms with E-state index in [0.717, 1.165) is 6.42 Å². The van der Waals surface area contributed by atoms with Crippen LogP contribution in [0.5, 0.6) is 5.75 Å². The predicted molar refractivity (Wildman–Crippen MR) is 87.2 cm³/mol. The Bertz CT molecular complexity index is 611. The highest BCUT2D eigenvalue weighted by Gasteiger charge is 2.14. The number of hydrogen-bond acceptors (Lipinski definition) is 6. The topological polar surface area (TPSA) is 95.9 Å². The first kappa shape index (κ1) is 19.7. The molecular weight excluding hydrogens is 316 g/mol. The van der Waals surface area contributed by atoms with Crippen LogP contribution in [0.2, 0.25) is 0 Å². The fraction of sp³-hybridized carbons (Fsp3) is 0.562. The molecule has 0 saturated carbocycles. The molecule has 0 saturated heterocycles. The fourth-order valence-corrected chi connectivity index (χ4v) is 1.99. The van der Waals surface area contributed by atoms with E-state index in [4.69, 9.17) is 9.47 Å². The summed E-state index contributed by atoms with van der Waals surface area (Å²) in [4.78, 5) is 34.8. The third kappa shape index (κ3) is 6.41. The molecule has 0 aliphatic carbocycles. The van der Waals surface area contributed by atoms with Crippen molar-refractivity contribution in [2.75, 3.05) is 26.4 Å². The highest BCUT2D eigenvalue weighted by molar-refractivity contribution is 5.78. The zero-order chi connectivity index (χ0) is 17.9. The Kier molecular flexibility index (Phi) is 8.56. The maximum absolute atomic E-state index is 11.9. The minimum atomic E-state index is -0.879. The van der Waals surface area contributed by atoms with E-state index in [1.165, 1.54) is 6.07 Å². The SMILES string of the molecule is CCOCCCn1ccc(=O)c(OC(=O)NCC(=O)OCC)c1C. The summed E-state index contributed by atoms with van der Waals surface area (Å²) in [5, 5.41) is 2.25. The number of amides is 1. The van der Waals surface area contributed by atoms with E-state index in [1.54, 1.807) is 20.0 Å². The molecule has 1 aromatic rings. The summed E-state index contributed by atoms with van der Waals surface area (Å²) in [5.74, 6) is -0.636. The maximum Gasteiger partial charge on any atom is 0.413 e. The zero-order valence-electron chi connectivity index (χ0n) is 14.3. The van der Waals surface area contributed by atoms with Gasteiger partial charge in [-0.05, 0) is 27.2 Å². The van der Waals surface area contributed by atoms with Crippen LogP contribution in [-0.4, -0.2) is 43.0 Å². The number of rotatable bonds is 9. The van der Waals surface area contributed by atoms with E-state index >= 15 is 0 Å². The quantitative estimate of drug-likeness (QED) is 0.537. The van der Waals surface area contributed by atoms with Crippen LogP contribution in [0.3, 0.4) is 0 Å². The van der Waals surface area contributed by atoms with Crippen molar-refractivity contribution in [1.82, 2.24) is 9.88 Å². The first-order chi connectivity index (χ1) is 11.5. The van der Waals surface area contributed by atoms with Gasteiger partial charge >= 0.3 is 12.1 Å². The van der Waals surface area contributed by atoms with Crippen LogP contribution in [0.15, 0.2) is 17.1 Å². The van der Waals surface area contributed by atoms with E-state index < -0.39 is 17.5 Å². The summed E-state index contributed by atoms with van der Waals surface area (Å²) in [7, 11) is 0. The molecule has 1 rings (SSSR count). The average molecular weight is 340 g/mol. The van der Waals surface area contributed by atoms with Gasteiger partial charge < -0.3 is 24.1 Å². The summed E-state index contributed by atoms with van der Waals surface area (Å²) in [6.07, 6.45) is 1.54. The highest BCUT2D eigenvalue weighted by Crippen LogP contribution is 2.12. The Hall–Kier alpha value is -2.35. The number of pyridine rings is 1. The number of nitrogens with one attached hydrogen (secondary N) is 1. The van der Waals surface area contributed by atoms with Gasteiger partial charge in [0.1, 0.15) is 6.54 Å². The molecule has 0 atom stereocenters. The van der Waals surface area contributed by atoms with Crippen LogP contribution in [0.4, 0.5) is 4.79 Å². The summed E-state index contributed by atoms with van der Waals surface area (Å²) < 4.78 is 16.8. The van der Waals surface area contributed by atoms with Gasteiger partial charge in [-0.15, -0.1) is 0 Å². The minimum absolute atomic E-state index is 0.0599. The number of ether oxygens (including phenoxy) is 3. The van der Waals surface area contributed by atoms with Crippen molar-refractivity contribution in [2.45, 2.75) is 33.7 Å². The monoisotopic (exact) mass is 340 g/mol. The van der Waals surface area contributed by atoms with E-state index in [2.05, 4.69) is 10.1 Å². The Morgan fingerprint density at radius 3 is 2.67 bits per heavy atom. The molecule has 1 N–H and O–H groups in total. The third-order valence-electron chi connectivity index (χ3n) is 3.16. The maximum atomic E-state index is 11.9. The molecule has 0 radical (unpaired) electrons. The molecule has 1 aromatic heterocycles. The lowest BCUT2D eigenvalue weighted by Crippen LogP contribution is -2.34. The molecule has 1 amide bonds. The van der Waals surface area contributed by atoms with Gasteiger partial charge in [-0.3, -0.25) is 9.59 Å². The van der Waals surface area contributed by atoms with Gasteiger partial charge in [-0.1, -0.05) is 0 Å². The molecule has 0 aliphatic rings. The molecule has 0 unspecified atom stereocenters. The summed E-state index contributed by atoms with van der Waals surface area (Å²) in [5.41, 5.74) is 0.130. The van der Waals surface area contributed by atoms with Crippen LogP contribution >= 0.6 is 0 Å². The van der Waals surface area contributed by atoms with Crippen LogP contribution in [0, 0.1) is 6.92 Å². The predicted octanol–water partition coefficient (Wildman–Crippen LogP) is 1.23. The molecule has 1 heterocycles. The Morgan fingerprint density at radius 2 is 2.00 bits per heavy atom. The normalized spacial score (nSPS) is 10.3. The van der Waals surface area contributed by atoms with E-state index in [0.29, 0.717) is 25.5 Å². The first-order valence-electron chi connectivity index (χ1n) is 7.88. The van der Waals surface area contributed by atoms with E-state index in [-0.39, 0.29) is 18.9 Å². The van der Waals surface area contributed by atoms with Gasteiger partial charge in [0.05, 0.1) is 12.3 Å². The summed E-state index contributed by atoms with van der Waals surface area (Å²) in [6.45, 7) is 7.07. The van der Waals surface area contributed by atoms with Crippen molar-refractivity contribution >= 4 is 12.1 Å². The lowest BCUT2D eigenvalue weighted by molar-refractivity contribution is -0.141. The smallest absolute Gasteiger partial charge is 0.413 e. The molecule has 134 valence electrons. The number of aryl methyl sites for hydroxylation is 1. The van der Waals surface area contributed by atoms with Crippen LogP contribution < -0.4 is 15.5 Å². The molecule has 24 heavy (non-hydrogen) atoms. The summed E-state index contributed by atoms with van der Waals surface area (Å²) >= 11 is 0. The first-order valence-corrected chi connectivity index (χ1v) is 7.88. The number of carbonyl (C=O) groups excluding carboxylic acids is 2. The number of carbonyl (C=O) groups is 2. The Balaban J connectivity index is 2.67. The summed E-state index contributed by atoms with van der Waals surface area (Å²) in [6, 6.07) is 1.33. The van der Waals surface area contributed by atoms with Crippen molar-refractivity contribution in [3.63, 3.8) is 0 Å². The molecule has 0 aromatic carbocycles. The van der Waals surface area contributed by atoms with Crippen LogP contribution in [-0.2, 0) is 20.8 Å².